The van der Waals surface area contributed by atoms with E-state index >= 15 is 0 Å². The molecule has 3 aliphatic heterocycles. The Bertz CT molecular complexity index is 982. The Morgan fingerprint density at radius 2 is 1.75 bits per heavy atom. The number of rotatable bonds is 3. The number of aromatic nitrogens is 1. The van der Waals surface area contributed by atoms with Crippen molar-refractivity contribution in [2.45, 2.75) is 25.4 Å². The van der Waals surface area contributed by atoms with Crippen molar-refractivity contribution in [3.05, 3.63) is 78.1 Å². The van der Waals surface area contributed by atoms with E-state index in [1.807, 2.05) is 30.3 Å². The molecule has 0 radical (unpaired) electrons. The maximum absolute atomic E-state index is 13.4. The summed E-state index contributed by atoms with van der Waals surface area (Å²) in [5.74, 6) is 0.622. The summed E-state index contributed by atoms with van der Waals surface area (Å²) >= 11 is 0. The van der Waals surface area contributed by atoms with Crippen LogP contribution in [-0.4, -0.2) is 46.4 Å². The van der Waals surface area contributed by atoms with Crippen LogP contribution in [0.5, 0.6) is 0 Å². The standard InChI is InChI=1S/C24H25N3O/c28-24(23-22-9-5-4-8-20(22)12-13-25-23)27-16-19-10-11-21(17-27)26(15-19)14-18-6-2-1-3-7-18/h1-9,12-13,19,21H,10-11,14-17H2/t19-,21-/m0/s1. The molecule has 0 aliphatic carbocycles. The van der Waals surface area contributed by atoms with Gasteiger partial charge < -0.3 is 4.90 Å². The van der Waals surface area contributed by atoms with Crippen molar-refractivity contribution in [2.75, 3.05) is 19.6 Å². The summed E-state index contributed by atoms with van der Waals surface area (Å²) in [4.78, 5) is 22.5. The molecule has 1 aromatic heterocycles. The molecular weight excluding hydrogens is 346 g/mol. The van der Waals surface area contributed by atoms with Crippen LogP contribution in [0, 0.1) is 5.92 Å². The van der Waals surface area contributed by atoms with Gasteiger partial charge in [-0.3, -0.25) is 14.7 Å². The van der Waals surface area contributed by atoms with Gasteiger partial charge in [0.2, 0.25) is 0 Å². The quantitative estimate of drug-likeness (QED) is 0.699. The lowest BCUT2D eigenvalue weighted by atomic mass is 9.94. The second kappa shape index (κ2) is 7.36. The zero-order chi connectivity index (χ0) is 18.9. The van der Waals surface area contributed by atoms with Crippen molar-refractivity contribution in [1.82, 2.24) is 14.8 Å². The number of nitrogens with zero attached hydrogens (tertiary/aromatic N) is 3. The third-order valence-corrected chi connectivity index (χ3v) is 6.22. The summed E-state index contributed by atoms with van der Waals surface area (Å²) in [6, 6.07) is 21.1. The maximum Gasteiger partial charge on any atom is 0.273 e. The normalized spacial score (nSPS) is 22.4. The van der Waals surface area contributed by atoms with Crippen LogP contribution in [0.4, 0.5) is 0 Å². The molecule has 3 fully saturated rings. The van der Waals surface area contributed by atoms with Gasteiger partial charge in [0, 0.05) is 43.8 Å². The molecule has 3 aliphatic rings. The topological polar surface area (TPSA) is 36.4 Å². The maximum atomic E-state index is 13.4. The minimum absolute atomic E-state index is 0.0789. The summed E-state index contributed by atoms with van der Waals surface area (Å²) in [6.45, 7) is 3.68. The van der Waals surface area contributed by atoms with E-state index in [9.17, 15) is 4.79 Å². The number of piperidine rings is 1. The van der Waals surface area contributed by atoms with Crippen LogP contribution in [0.1, 0.15) is 28.9 Å². The van der Waals surface area contributed by atoms with E-state index in [4.69, 9.17) is 0 Å². The number of carbonyl (C=O) groups is 1. The fourth-order valence-corrected chi connectivity index (χ4v) is 4.80. The number of fused-ring (bicyclic) bond motifs is 5. The van der Waals surface area contributed by atoms with Gasteiger partial charge in [-0.2, -0.15) is 0 Å². The van der Waals surface area contributed by atoms with E-state index < -0.39 is 0 Å². The Morgan fingerprint density at radius 3 is 2.64 bits per heavy atom. The molecule has 4 heteroatoms. The zero-order valence-electron chi connectivity index (χ0n) is 16.0. The molecule has 3 aromatic rings. The molecule has 2 bridgehead atoms. The Kier molecular flexibility index (Phi) is 4.57. The Hall–Kier alpha value is -2.72. The van der Waals surface area contributed by atoms with Crippen molar-refractivity contribution < 1.29 is 4.79 Å². The number of pyridine rings is 1. The predicted octanol–water partition coefficient (Wildman–Crippen LogP) is 3.97. The summed E-state index contributed by atoms with van der Waals surface area (Å²) in [6.07, 6.45) is 4.14. The fraction of sp³-hybridized carbons (Fsp3) is 0.333. The van der Waals surface area contributed by atoms with Crippen LogP contribution in [0.2, 0.25) is 0 Å². The number of hydrogen-bond acceptors (Lipinski definition) is 3. The van der Waals surface area contributed by atoms with E-state index in [0.717, 1.165) is 37.0 Å². The fourth-order valence-electron chi connectivity index (χ4n) is 4.80. The van der Waals surface area contributed by atoms with Crippen molar-refractivity contribution in [2.24, 2.45) is 5.92 Å². The molecule has 0 spiro atoms. The zero-order valence-corrected chi connectivity index (χ0v) is 16.0. The monoisotopic (exact) mass is 371 g/mol. The van der Waals surface area contributed by atoms with Gasteiger partial charge in [-0.25, -0.2) is 0 Å². The molecule has 0 saturated carbocycles. The predicted molar refractivity (Wildman–Crippen MR) is 111 cm³/mol. The van der Waals surface area contributed by atoms with E-state index in [0.29, 0.717) is 17.7 Å². The first-order valence-electron chi connectivity index (χ1n) is 10.2. The lowest BCUT2D eigenvalue weighted by Crippen LogP contribution is -2.44. The Labute approximate surface area is 165 Å². The highest BCUT2D eigenvalue weighted by molar-refractivity contribution is 6.05. The number of hydrogen-bond donors (Lipinski definition) is 0. The molecule has 2 atom stereocenters. The highest BCUT2D eigenvalue weighted by Crippen LogP contribution is 2.30. The molecule has 3 saturated heterocycles. The molecule has 0 unspecified atom stereocenters. The van der Waals surface area contributed by atoms with Crippen LogP contribution in [0.25, 0.3) is 10.8 Å². The van der Waals surface area contributed by atoms with E-state index in [-0.39, 0.29) is 5.91 Å². The third kappa shape index (κ3) is 3.29. The first-order chi connectivity index (χ1) is 13.8. The first kappa shape index (κ1) is 17.4. The summed E-state index contributed by atoms with van der Waals surface area (Å²) in [7, 11) is 0. The minimum Gasteiger partial charge on any atom is -0.335 e. The second-order valence-electron chi connectivity index (χ2n) is 8.10. The largest absolute Gasteiger partial charge is 0.335 e. The minimum atomic E-state index is 0.0789. The van der Waals surface area contributed by atoms with Gasteiger partial charge in [-0.1, -0.05) is 54.6 Å². The van der Waals surface area contributed by atoms with Crippen molar-refractivity contribution >= 4 is 16.7 Å². The van der Waals surface area contributed by atoms with Gasteiger partial charge >= 0.3 is 0 Å². The lowest BCUT2D eigenvalue weighted by Gasteiger charge is -2.36. The smallest absolute Gasteiger partial charge is 0.273 e. The molecular formula is C24H25N3O. The van der Waals surface area contributed by atoms with Gasteiger partial charge in [-0.05, 0) is 35.8 Å². The van der Waals surface area contributed by atoms with Crippen LogP contribution < -0.4 is 0 Å². The Morgan fingerprint density at radius 1 is 0.929 bits per heavy atom. The number of amides is 1. The molecule has 2 aromatic carbocycles. The molecule has 28 heavy (non-hydrogen) atoms. The van der Waals surface area contributed by atoms with Gasteiger partial charge in [0.15, 0.2) is 0 Å². The highest BCUT2D eigenvalue weighted by Gasteiger charge is 2.37. The number of carbonyl (C=O) groups excluding carboxylic acids is 1. The van der Waals surface area contributed by atoms with Crippen LogP contribution in [-0.2, 0) is 6.54 Å². The molecule has 6 rings (SSSR count). The second-order valence-corrected chi connectivity index (χ2v) is 8.10. The first-order valence-corrected chi connectivity index (χ1v) is 10.2. The molecule has 0 N–H and O–H groups in total. The van der Waals surface area contributed by atoms with Crippen molar-refractivity contribution in [3.63, 3.8) is 0 Å². The average Bonchev–Trinajstić information content (AvgIpc) is 3.05. The molecule has 4 nitrogen and oxygen atoms in total. The SMILES string of the molecule is O=C(c1nccc2ccccc12)N1C[C@H]2CC[C@@H](C1)N(Cc1ccccc1)C2. The van der Waals surface area contributed by atoms with Crippen molar-refractivity contribution in [1.29, 1.82) is 0 Å². The van der Waals surface area contributed by atoms with Gasteiger partial charge in [0.1, 0.15) is 5.69 Å². The summed E-state index contributed by atoms with van der Waals surface area (Å²) in [5.41, 5.74) is 1.94. The van der Waals surface area contributed by atoms with Gasteiger partial charge in [0.05, 0.1) is 0 Å². The van der Waals surface area contributed by atoms with Gasteiger partial charge in [0.25, 0.3) is 5.91 Å². The summed E-state index contributed by atoms with van der Waals surface area (Å²) in [5, 5.41) is 2.03. The molecule has 142 valence electrons. The highest BCUT2D eigenvalue weighted by atomic mass is 16.2. The average molecular weight is 371 g/mol. The van der Waals surface area contributed by atoms with Crippen molar-refractivity contribution in [3.8, 4) is 0 Å². The van der Waals surface area contributed by atoms with E-state index in [1.165, 1.54) is 18.4 Å². The van der Waals surface area contributed by atoms with E-state index in [2.05, 4.69) is 45.1 Å². The number of benzene rings is 2. The molecule has 4 heterocycles. The Balaban J connectivity index is 1.39. The molecule has 1 amide bonds. The van der Waals surface area contributed by atoms with Crippen LogP contribution >= 0.6 is 0 Å². The van der Waals surface area contributed by atoms with Crippen LogP contribution in [0.15, 0.2) is 66.9 Å². The van der Waals surface area contributed by atoms with Crippen LogP contribution in [0.3, 0.4) is 0 Å². The lowest BCUT2D eigenvalue weighted by molar-refractivity contribution is 0.0732. The summed E-state index contributed by atoms with van der Waals surface area (Å²) < 4.78 is 0. The van der Waals surface area contributed by atoms with E-state index in [1.54, 1.807) is 6.20 Å². The third-order valence-electron chi connectivity index (χ3n) is 6.22. The van der Waals surface area contributed by atoms with Gasteiger partial charge in [-0.15, -0.1) is 0 Å².